The molecule has 3 heterocycles. The molecule has 14 N–H and O–H groups in total. The summed E-state index contributed by atoms with van der Waals surface area (Å²) in [4.78, 5) is 26.2. The first kappa shape index (κ1) is 79.2. The van der Waals surface area contributed by atoms with Crippen molar-refractivity contribution in [2.75, 3.05) is 33.0 Å². The Morgan fingerprint density at radius 1 is 0.598 bits per heavy atom. The second-order valence-electron chi connectivity index (χ2n) is 24.9. The fraction of sp³-hybridized carbons (Fsp3) is 0.938. The molecule has 3 fully saturated rings. The van der Waals surface area contributed by atoms with Crippen LogP contribution in [-0.2, 0) is 38.0 Å². The third-order valence-corrected chi connectivity index (χ3v) is 17.5. The van der Waals surface area contributed by atoms with Gasteiger partial charge in [0.25, 0.3) is 5.79 Å². The van der Waals surface area contributed by atoms with Crippen LogP contribution < -0.4 is 10.6 Å². The molecular formula is C65H122N2O20. The number of aliphatic hydroxyl groups is 11. The molecule has 22 nitrogen and oxygen atoms in total. The number of carboxylic acid groups (broad SMARTS) is 1. The number of carbonyl (C=O) groups is 2. The number of aliphatic hydroxyl groups excluding tert-OH is 11. The fourth-order valence-corrected chi connectivity index (χ4v) is 12.0. The monoisotopic (exact) mass is 1250 g/mol. The van der Waals surface area contributed by atoms with Crippen LogP contribution in [0.5, 0.6) is 0 Å². The highest BCUT2D eigenvalue weighted by molar-refractivity contribution is 5.76. The van der Waals surface area contributed by atoms with E-state index in [2.05, 4.69) is 24.5 Å². The van der Waals surface area contributed by atoms with Crippen molar-refractivity contribution in [3.8, 4) is 0 Å². The van der Waals surface area contributed by atoms with Crippen LogP contribution in [-0.4, -0.2) is 216 Å². The first-order valence-corrected chi connectivity index (χ1v) is 34.2. The summed E-state index contributed by atoms with van der Waals surface area (Å²) in [5.74, 6) is -4.85. The first-order valence-electron chi connectivity index (χ1n) is 34.2. The molecule has 0 bridgehead atoms. The quantitative estimate of drug-likeness (QED) is 0.0246. The molecule has 0 aliphatic carbocycles. The lowest BCUT2D eigenvalue weighted by Crippen LogP contribution is -2.68. The number of unbranched alkanes of at least 4 members (excludes halogenated alkanes) is 31. The van der Waals surface area contributed by atoms with Gasteiger partial charge >= 0.3 is 5.97 Å². The minimum atomic E-state index is -2.76. The van der Waals surface area contributed by atoms with Crippen molar-refractivity contribution in [3.63, 3.8) is 0 Å². The maximum Gasteiger partial charge on any atom is 0.364 e. The molecule has 0 aromatic rings. The Kier molecular flexibility index (Phi) is 42.7. The van der Waals surface area contributed by atoms with E-state index in [1.807, 2.05) is 6.08 Å². The Labute approximate surface area is 520 Å². The van der Waals surface area contributed by atoms with Gasteiger partial charge in [-0.2, -0.15) is 0 Å². The first-order chi connectivity index (χ1) is 42.0. The van der Waals surface area contributed by atoms with E-state index in [0.717, 1.165) is 44.9 Å². The van der Waals surface area contributed by atoms with E-state index in [4.69, 9.17) is 28.4 Å². The Balaban J connectivity index is 1.55. The largest absolute Gasteiger partial charge is 0.477 e. The second kappa shape index (κ2) is 46.9. The van der Waals surface area contributed by atoms with Crippen molar-refractivity contribution in [1.29, 1.82) is 0 Å². The van der Waals surface area contributed by atoms with Gasteiger partial charge in [0.05, 0.1) is 50.7 Å². The lowest BCUT2D eigenvalue weighted by Gasteiger charge is -2.48. The molecule has 3 aliphatic heterocycles. The SMILES string of the molecule is CCCCCCCCCCCCC/C=C/C(O)C(CO[C@@H]1O[C@H](CO)[C@@H](O[C@@H]2O[C@H](CO[C@]3(C(=O)O)C[C@H](O)[C@@H](NCC)[C@H]([C@H](O)[C@H](O)CO)O3)[C@H](O)[C@H](O)[C@H]2O)[C@H](O)[C@H]1O)NC(=O)CCCCCCCCCCCCCCCCCCCCCCC. The smallest absolute Gasteiger partial charge is 0.364 e. The van der Waals surface area contributed by atoms with Crippen molar-refractivity contribution in [1.82, 2.24) is 10.6 Å². The third-order valence-electron chi connectivity index (χ3n) is 17.5. The lowest BCUT2D eigenvalue weighted by atomic mass is 9.88. The Bertz CT molecular complexity index is 1760. The molecule has 1 amide bonds. The topological polar surface area (TPSA) is 356 Å². The van der Waals surface area contributed by atoms with Crippen molar-refractivity contribution in [3.05, 3.63) is 12.2 Å². The van der Waals surface area contributed by atoms with Gasteiger partial charge in [-0.25, -0.2) is 4.79 Å². The predicted octanol–water partition coefficient (Wildman–Crippen LogP) is 5.98. The summed E-state index contributed by atoms with van der Waals surface area (Å²) in [6, 6.07) is -2.14. The third kappa shape index (κ3) is 29.6. The zero-order valence-electron chi connectivity index (χ0n) is 53.4. The van der Waals surface area contributed by atoms with Crippen LogP contribution in [0.1, 0.15) is 245 Å². The summed E-state index contributed by atoms with van der Waals surface area (Å²) in [7, 11) is 0. The molecule has 0 saturated carbocycles. The molecule has 512 valence electrons. The number of nitrogens with one attached hydrogen (secondary N) is 2. The summed E-state index contributed by atoms with van der Waals surface area (Å²) in [6.45, 7) is 3.26. The lowest BCUT2D eigenvalue weighted by molar-refractivity contribution is -0.367. The average Bonchev–Trinajstić information content (AvgIpc) is 1.54. The molecule has 0 spiro atoms. The number of aliphatic carboxylic acids is 1. The number of amides is 1. The van der Waals surface area contributed by atoms with Crippen LogP contribution in [0.3, 0.4) is 0 Å². The van der Waals surface area contributed by atoms with Crippen molar-refractivity contribution < 1.29 is 99.3 Å². The van der Waals surface area contributed by atoms with E-state index in [1.54, 1.807) is 13.0 Å². The van der Waals surface area contributed by atoms with Gasteiger partial charge in [0.15, 0.2) is 12.6 Å². The van der Waals surface area contributed by atoms with Gasteiger partial charge in [-0.3, -0.25) is 4.79 Å². The summed E-state index contributed by atoms with van der Waals surface area (Å²) < 4.78 is 34.8. The van der Waals surface area contributed by atoms with E-state index in [-0.39, 0.29) is 25.5 Å². The highest BCUT2D eigenvalue weighted by atomic mass is 16.8. The maximum atomic E-state index is 13.4. The van der Waals surface area contributed by atoms with Crippen molar-refractivity contribution in [2.24, 2.45) is 0 Å². The van der Waals surface area contributed by atoms with E-state index >= 15 is 0 Å². The summed E-state index contributed by atoms with van der Waals surface area (Å²) in [6.07, 6.45) is 16.6. The molecule has 3 rings (SSSR count). The maximum absolute atomic E-state index is 13.4. The van der Waals surface area contributed by atoms with Gasteiger partial charge in [-0.15, -0.1) is 0 Å². The van der Waals surface area contributed by atoms with Gasteiger partial charge in [0.2, 0.25) is 5.91 Å². The number of allylic oxidation sites excluding steroid dienone is 1. The second-order valence-corrected chi connectivity index (χ2v) is 24.9. The van der Waals surface area contributed by atoms with E-state index in [0.29, 0.717) is 6.42 Å². The number of hydrogen-bond donors (Lipinski definition) is 14. The standard InChI is InChI=1S/C65H122N2O20/c1-4-7-9-11-13-15-17-19-20-21-22-23-24-25-26-28-30-32-34-36-38-40-52(73)67-46(47(70)39-37-35-33-31-29-27-18-16-14-12-10-8-5-2)44-82-62-59(79)57(77)60(50(43-69)84-62)86-63-58(78)56(76)55(75)51(85-63)45-83-65(64(80)81)41-48(71)53(66-6-3)61(87-65)54(74)49(72)42-68/h37,39,46-51,53-63,66,68-72,74-79H,4-36,38,40-45H2,1-3H3,(H,67,73)(H,80,81)/b39-37+/t46?,47?,48-,49+,50+,51+,53+,54+,55-,56-,57+,58+,59+,60+,61+,62+,63-,65+/m0/s1. The van der Waals surface area contributed by atoms with Gasteiger partial charge in [-0.05, 0) is 25.8 Å². The van der Waals surface area contributed by atoms with Crippen molar-refractivity contribution in [2.45, 2.75) is 355 Å². The Hall–Kier alpha value is -2.04. The molecular weight excluding hydrogens is 1130 g/mol. The Morgan fingerprint density at radius 2 is 1.07 bits per heavy atom. The van der Waals surface area contributed by atoms with Crippen LogP contribution in [0.25, 0.3) is 0 Å². The van der Waals surface area contributed by atoms with Crippen LogP contribution in [0.15, 0.2) is 12.2 Å². The molecule has 18 atom stereocenters. The van der Waals surface area contributed by atoms with Gasteiger partial charge < -0.3 is 100 Å². The predicted molar refractivity (Wildman–Crippen MR) is 329 cm³/mol. The molecule has 87 heavy (non-hydrogen) atoms. The fourth-order valence-electron chi connectivity index (χ4n) is 12.0. The highest BCUT2D eigenvalue weighted by Crippen LogP contribution is 2.36. The summed E-state index contributed by atoms with van der Waals surface area (Å²) in [5.41, 5.74) is 0. The number of likely N-dealkylation sites (N-methyl/N-ethyl adjacent to an activating group) is 1. The number of ether oxygens (including phenoxy) is 6. The number of carbonyl (C=O) groups excluding carboxylic acids is 1. The normalized spacial score (nSPS) is 29.3. The molecule has 0 aromatic heterocycles. The molecule has 0 aromatic carbocycles. The van der Waals surface area contributed by atoms with Gasteiger partial charge in [-0.1, -0.05) is 226 Å². The Morgan fingerprint density at radius 3 is 1.54 bits per heavy atom. The van der Waals surface area contributed by atoms with Gasteiger partial charge in [0.1, 0.15) is 67.1 Å². The highest BCUT2D eigenvalue weighted by Gasteiger charge is 2.57. The number of carboxylic acids is 1. The minimum absolute atomic E-state index is 0.220. The number of rotatable bonds is 52. The van der Waals surface area contributed by atoms with E-state index in [1.165, 1.54) is 161 Å². The van der Waals surface area contributed by atoms with Crippen LogP contribution in [0.4, 0.5) is 0 Å². The van der Waals surface area contributed by atoms with Crippen LogP contribution >= 0.6 is 0 Å². The van der Waals surface area contributed by atoms with Gasteiger partial charge in [0, 0.05) is 12.8 Å². The van der Waals surface area contributed by atoms with Crippen molar-refractivity contribution >= 4 is 11.9 Å². The summed E-state index contributed by atoms with van der Waals surface area (Å²) in [5, 5.41) is 135. The molecule has 3 aliphatic rings. The molecule has 2 unspecified atom stereocenters. The zero-order valence-corrected chi connectivity index (χ0v) is 53.4. The summed E-state index contributed by atoms with van der Waals surface area (Å²) >= 11 is 0. The molecule has 22 heteroatoms. The van der Waals surface area contributed by atoms with Crippen LogP contribution in [0, 0.1) is 0 Å². The van der Waals surface area contributed by atoms with E-state index < -0.39 is 142 Å². The molecule has 0 radical (unpaired) electrons. The molecule has 3 saturated heterocycles. The van der Waals surface area contributed by atoms with Crippen LogP contribution in [0.2, 0.25) is 0 Å². The number of hydrogen-bond acceptors (Lipinski definition) is 20. The average molecular weight is 1250 g/mol. The minimum Gasteiger partial charge on any atom is -0.477 e. The van der Waals surface area contributed by atoms with E-state index in [9.17, 15) is 70.9 Å². The zero-order chi connectivity index (χ0) is 63.8.